The molecule has 0 amide bonds. The summed E-state index contributed by atoms with van der Waals surface area (Å²) in [6.45, 7) is 0. The van der Waals surface area contributed by atoms with Crippen molar-refractivity contribution in [3.63, 3.8) is 0 Å². The zero-order valence-electron chi connectivity index (χ0n) is 7.46. The molecule has 4 nitrogen and oxygen atoms in total. The van der Waals surface area contributed by atoms with E-state index in [9.17, 15) is 0 Å². The Morgan fingerprint density at radius 2 is 2.27 bits per heavy atom. The summed E-state index contributed by atoms with van der Waals surface area (Å²) in [6.07, 6.45) is 3.43. The summed E-state index contributed by atoms with van der Waals surface area (Å²) in [5.74, 6) is 0.788. The third-order valence-corrected chi connectivity index (χ3v) is 3.01. The first-order valence-corrected chi connectivity index (χ1v) is 5.56. The van der Waals surface area contributed by atoms with Crippen molar-refractivity contribution in [2.24, 2.45) is 0 Å². The molecule has 0 atom stereocenters. The fraction of sp³-hybridized carbons (Fsp3) is 0. The SMILES string of the molecule is Clc1nccn2c(-c3ccsc3)nnc12. The highest BCUT2D eigenvalue weighted by Crippen LogP contribution is 2.22. The van der Waals surface area contributed by atoms with Crippen molar-refractivity contribution in [2.75, 3.05) is 0 Å². The average molecular weight is 237 g/mol. The van der Waals surface area contributed by atoms with Gasteiger partial charge < -0.3 is 0 Å². The quantitative estimate of drug-likeness (QED) is 0.652. The topological polar surface area (TPSA) is 43.1 Å². The van der Waals surface area contributed by atoms with Gasteiger partial charge in [-0.3, -0.25) is 4.40 Å². The van der Waals surface area contributed by atoms with E-state index in [-0.39, 0.29) is 0 Å². The van der Waals surface area contributed by atoms with Gasteiger partial charge >= 0.3 is 0 Å². The maximum atomic E-state index is 5.90. The molecule has 6 heteroatoms. The Hall–Kier alpha value is -1.46. The third kappa shape index (κ3) is 1.32. The molecule has 3 heterocycles. The van der Waals surface area contributed by atoms with Crippen LogP contribution < -0.4 is 0 Å². The number of rotatable bonds is 1. The molecule has 0 fully saturated rings. The van der Waals surface area contributed by atoms with Crippen LogP contribution >= 0.6 is 22.9 Å². The van der Waals surface area contributed by atoms with Gasteiger partial charge in [0.2, 0.25) is 0 Å². The van der Waals surface area contributed by atoms with Gasteiger partial charge in [-0.25, -0.2) is 4.98 Å². The predicted octanol–water partition coefficient (Wildman–Crippen LogP) is 2.51. The summed E-state index contributed by atoms with van der Waals surface area (Å²) in [5, 5.41) is 12.5. The number of nitrogens with zero attached hydrogens (tertiary/aromatic N) is 4. The minimum atomic E-state index is 0.367. The van der Waals surface area contributed by atoms with Crippen molar-refractivity contribution in [3.8, 4) is 11.4 Å². The average Bonchev–Trinajstić information content (AvgIpc) is 2.85. The molecule has 3 rings (SSSR count). The first-order valence-electron chi connectivity index (χ1n) is 4.24. The van der Waals surface area contributed by atoms with E-state index in [0.717, 1.165) is 11.4 Å². The molecule has 0 spiro atoms. The minimum absolute atomic E-state index is 0.367. The van der Waals surface area contributed by atoms with E-state index in [4.69, 9.17) is 11.6 Å². The zero-order chi connectivity index (χ0) is 10.3. The first kappa shape index (κ1) is 8.82. The molecule has 0 saturated heterocycles. The molecule has 0 unspecified atom stereocenters. The highest BCUT2D eigenvalue weighted by molar-refractivity contribution is 7.08. The lowest BCUT2D eigenvalue weighted by molar-refractivity contribution is 1.11. The van der Waals surface area contributed by atoms with Crippen molar-refractivity contribution < 1.29 is 0 Å². The molecule has 74 valence electrons. The maximum Gasteiger partial charge on any atom is 0.198 e. The van der Waals surface area contributed by atoms with E-state index in [1.807, 2.05) is 21.2 Å². The van der Waals surface area contributed by atoms with Crippen molar-refractivity contribution in [3.05, 3.63) is 34.4 Å². The van der Waals surface area contributed by atoms with Crippen LogP contribution in [0.25, 0.3) is 17.0 Å². The van der Waals surface area contributed by atoms with Crippen molar-refractivity contribution in [2.45, 2.75) is 0 Å². The van der Waals surface area contributed by atoms with E-state index in [1.165, 1.54) is 0 Å². The molecule has 3 aromatic rings. The second kappa shape index (κ2) is 3.29. The van der Waals surface area contributed by atoms with Gasteiger partial charge in [0.1, 0.15) is 0 Å². The number of hydrogen-bond donors (Lipinski definition) is 0. The second-order valence-corrected chi connectivity index (χ2v) is 4.09. The van der Waals surface area contributed by atoms with Gasteiger partial charge in [0.05, 0.1) is 0 Å². The standard InChI is InChI=1S/C9H5ClN4S/c10-7-9-13-12-8(6-1-4-15-5-6)14(9)3-2-11-7/h1-5H. The van der Waals surface area contributed by atoms with Gasteiger partial charge in [-0.15, -0.1) is 10.2 Å². The van der Waals surface area contributed by atoms with Crippen LogP contribution in [0.15, 0.2) is 29.2 Å². The van der Waals surface area contributed by atoms with Crippen LogP contribution in [0, 0.1) is 0 Å². The number of aromatic nitrogens is 4. The molecule has 0 aliphatic carbocycles. The number of halogens is 1. The van der Waals surface area contributed by atoms with Crippen molar-refractivity contribution in [1.82, 2.24) is 19.6 Å². The Morgan fingerprint density at radius 3 is 3.07 bits per heavy atom. The smallest absolute Gasteiger partial charge is 0.198 e. The van der Waals surface area contributed by atoms with Crippen LogP contribution in [0.1, 0.15) is 0 Å². The van der Waals surface area contributed by atoms with Gasteiger partial charge in [0, 0.05) is 23.3 Å². The van der Waals surface area contributed by atoms with E-state index in [2.05, 4.69) is 15.2 Å². The largest absolute Gasteiger partial charge is 0.278 e. The number of fused-ring (bicyclic) bond motifs is 1. The Morgan fingerprint density at radius 1 is 1.33 bits per heavy atom. The molecule has 0 aliphatic heterocycles. The Bertz CT molecular complexity index is 602. The lowest BCUT2D eigenvalue weighted by Crippen LogP contribution is -1.89. The van der Waals surface area contributed by atoms with Crippen LogP contribution in [0.5, 0.6) is 0 Å². The molecule has 0 bridgehead atoms. The fourth-order valence-corrected chi connectivity index (χ4v) is 2.20. The lowest BCUT2D eigenvalue weighted by atomic mass is 10.3. The lowest BCUT2D eigenvalue weighted by Gasteiger charge is -1.96. The van der Waals surface area contributed by atoms with Crippen LogP contribution in [0.4, 0.5) is 0 Å². The van der Waals surface area contributed by atoms with Gasteiger partial charge in [-0.2, -0.15) is 11.3 Å². The predicted molar refractivity (Wildman–Crippen MR) is 59.1 cm³/mol. The summed E-state index contributed by atoms with van der Waals surface area (Å²) in [7, 11) is 0. The first-order chi connectivity index (χ1) is 7.36. The van der Waals surface area contributed by atoms with Gasteiger partial charge in [-0.05, 0) is 11.4 Å². The summed E-state index contributed by atoms with van der Waals surface area (Å²) in [5.41, 5.74) is 1.62. The summed E-state index contributed by atoms with van der Waals surface area (Å²) in [6, 6.07) is 2.00. The highest BCUT2D eigenvalue weighted by atomic mass is 35.5. The van der Waals surface area contributed by atoms with Crippen LogP contribution in [0.3, 0.4) is 0 Å². The van der Waals surface area contributed by atoms with Crippen molar-refractivity contribution in [1.29, 1.82) is 0 Å². The van der Waals surface area contributed by atoms with E-state index in [0.29, 0.717) is 10.8 Å². The molecule has 0 N–H and O–H groups in total. The molecule has 0 aliphatic rings. The minimum Gasteiger partial charge on any atom is -0.278 e. The summed E-state index contributed by atoms with van der Waals surface area (Å²) in [4.78, 5) is 3.95. The third-order valence-electron chi connectivity index (χ3n) is 2.06. The molecule has 0 aromatic carbocycles. The number of thiophene rings is 1. The molecule has 3 aromatic heterocycles. The Labute approximate surface area is 94.2 Å². The molecular weight excluding hydrogens is 232 g/mol. The fourth-order valence-electron chi connectivity index (χ4n) is 1.38. The Balaban J connectivity index is 2.34. The van der Waals surface area contributed by atoms with E-state index in [1.54, 1.807) is 23.7 Å². The van der Waals surface area contributed by atoms with Gasteiger partial charge in [-0.1, -0.05) is 11.6 Å². The molecule has 15 heavy (non-hydrogen) atoms. The Kier molecular flexibility index (Phi) is 1.93. The normalized spacial score (nSPS) is 11.0. The highest BCUT2D eigenvalue weighted by Gasteiger charge is 2.10. The van der Waals surface area contributed by atoms with E-state index >= 15 is 0 Å². The van der Waals surface area contributed by atoms with Crippen LogP contribution in [-0.4, -0.2) is 19.6 Å². The number of hydrogen-bond acceptors (Lipinski definition) is 4. The maximum absolute atomic E-state index is 5.90. The van der Waals surface area contributed by atoms with Crippen LogP contribution in [-0.2, 0) is 0 Å². The van der Waals surface area contributed by atoms with Gasteiger partial charge in [0.25, 0.3) is 0 Å². The van der Waals surface area contributed by atoms with Gasteiger partial charge in [0.15, 0.2) is 16.6 Å². The van der Waals surface area contributed by atoms with Crippen molar-refractivity contribution >= 4 is 28.6 Å². The molecule has 0 saturated carbocycles. The van der Waals surface area contributed by atoms with E-state index < -0.39 is 0 Å². The monoisotopic (exact) mass is 236 g/mol. The summed E-state index contributed by atoms with van der Waals surface area (Å²) < 4.78 is 1.83. The molecule has 0 radical (unpaired) electrons. The summed E-state index contributed by atoms with van der Waals surface area (Å²) >= 11 is 7.52. The second-order valence-electron chi connectivity index (χ2n) is 2.95. The van der Waals surface area contributed by atoms with Crippen LogP contribution in [0.2, 0.25) is 5.15 Å². The zero-order valence-corrected chi connectivity index (χ0v) is 9.03. The molecular formula is C9H5ClN4S.